The first-order valence-corrected chi connectivity index (χ1v) is 6.46. The second kappa shape index (κ2) is 7.73. The van der Waals surface area contributed by atoms with Crippen LogP contribution in [-0.4, -0.2) is 23.7 Å². The average Bonchev–Trinajstić information content (AvgIpc) is 2.33. The number of aliphatic carboxylic acids is 1. The highest BCUT2D eigenvalue weighted by molar-refractivity contribution is 9.10. The van der Waals surface area contributed by atoms with Gasteiger partial charge in [-0.05, 0) is 24.1 Å². The molecule has 3 N–H and O–H groups in total. The summed E-state index contributed by atoms with van der Waals surface area (Å²) in [5.41, 5.74) is 0.752. The van der Waals surface area contributed by atoms with Crippen LogP contribution in [0, 0.1) is 5.82 Å². The molecule has 0 bridgehead atoms. The van der Waals surface area contributed by atoms with E-state index in [-0.39, 0.29) is 24.8 Å². The Morgan fingerprint density at radius 3 is 2.68 bits per heavy atom. The van der Waals surface area contributed by atoms with Gasteiger partial charge < -0.3 is 15.7 Å². The van der Waals surface area contributed by atoms with Crippen LogP contribution in [-0.2, 0) is 11.3 Å². The van der Waals surface area contributed by atoms with Crippen molar-refractivity contribution in [3.05, 3.63) is 34.1 Å². The third-order valence-electron chi connectivity index (χ3n) is 2.31. The molecule has 1 aromatic carbocycles. The van der Waals surface area contributed by atoms with E-state index in [1.54, 1.807) is 6.07 Å². The largest absolute Gasteiger partial charge is 0.481 e. The number of hydrogen-bond acceptors (Lipinski definition) is 2. The Bertz CT molecular complexity index is 468. The number of carbonyl (C=O) groups excluding carboxylic acids is 1. The molecule has 0 spiro atoms. The smallest absolute Gasteiger partial charge is 0.315 e. The monoisotopic (exact) mass is 332 g/mol. The van der Waals surface area contributed by atoms with Crippen molar-refractivity contribution in [2.24, 2.45) is 0 Å². The van der Waals surface area contributed by atoms with Crippen molar-refractivity contribution >= 4 is 27.9 Å². The Balaban J connectivity index is 2.28. The van der Waals surface area contributed by atoms with Crippen molar-refractivity contribution in [3.63, 3.8) is 0 Å². The van der Waals surface area contributed by atoms with Crippen LogP contribution >= 0.6 is 15.9 Å². The summed E-state index contributed by atoms with van der Waals surface area (Å²) in [6.45, 7) is 0.550. The van der Waals surface area contributed by atoms with Gasteiger partial charge in [0.05, 0.1) is 0 Å². The molecule has 104 valence electrons. The number of hydrogen-bond donors (Lipinski definition) is 3. The molecule has 7 heteroatoms. The fraction of sp³-hybridized carbons (Fsp3) is 0.333. The Kier molecular flexibility index (Phi) is 6.27. The first-order chi connectivity index (χ1) is 8.99. The molecule has 0 aliphatic carbocycles. The molecule has 0 atom stereocenters. The molecule has 2 amide bonds. The predicted octanol–water partition coefficient (Wildman–Crippen LogP) is 2.25. The summed E-state index contributed by atoms with van der Waals surface area (Å²) in [6.07, 6.45) is 0.396. The molecular formula is C12H14BrFN2O3. The molecule has 5 nitrogen and oxygen atoms in total. The standard InChI is InChI=1S/C12H14BrFN2O3/c13-10-6-9(14)4-3-8(10)7-16-12(19)15-5-1-2-11(17)18/h3-4,6H,1-2,5,7H2,(H,17,18)(H2,15,16,19). The molecule has 0 radical (unpaired) electrons. The minimum atomic E-state index is -0.891. The van der Waals surface area contributed by atoms with Crippen LogP contribution in [0.25, 0.3) is 0 Å². The molecular weight excluding hydrogens is 319 g/mol. The Labute approximate surface area is 118 Å². The lowest BCUT2D eigenvalue weighted by atomic mass is 10.2. The molecule has 1 aromatic rings. The van der Waals surface area contributed by atoms with Crippen LogP contribution in [0.4, 0.5) is 9.18 Å². The van der Waals surface area contributed by atoms with E-state index in [2.05, 4.69) is 26.6 Å². The second-order valence-corrected chi connectivity index (χ2v) is 4.70. The predicted molar refractivity (Wildman–Crippen MR) is 71.2 cm³/mol. The number of amides is 2. The average molecular weight is 333 g/mol. The zero-order valence-electron chi connectivity index (χ0n) is 10.1. The fourth-order valence-electron chi connectivity index (χ4n) is 1.34. The van der Waals surface area contributed by atoms with Crippen molar-refractivity contribution in [2.75, 3.05) is 6.54 Å². The highest BCUT2D eigenvalue weighted by Gasteiger charge is 2.04. The summed E-state index contributed by atoms with van der Waals surface area (Å²) in [5.74, 6) is -1.24. The minimum Gasteiger partial charge on any atom is -0.481 e. The van der Waals surface area contributed by atoms with Gasteiger partial charge in [-0.3, -0.25) is 4.79 Å². The zero-order chi connectivity index (χ0) is 14.3. The van der Waals surface area contributed by atoms with Gasteiger partial charge >= 0.3 is 12.0 Å². The van der Waals surface area contributed by atoms with Gasteiger partial charge in [0.25, 0.3) is 0 Å². The van der Waals surface area contributed by atoms with Crippen molar-refractivity contribution in [3.8, 4) is 0 Å². The van der Waals surface area contributed by atoms with E-state index in [1.807, 2.05) is 0 Å². The van der Waals surface area contributed by atoms with E-state index < -0.39 is 5.97 Å². The lowest BCUT2D eigenvalue weighted by Gasteiger charge is -2.08. The number of benzene rings is 1. The number of urea groups is 1. The highest BCUT2D eigenvalue weighted by Crippen LogP contribution is 2.17. The van der Waals surface area contributed by atoms with Gasteiger partial charge in [0.2, 0.25) is 0 Å². The van der Waals surface area contributed by atoms with Gasteiger partial charge in [0, 0.05) is 24.0 Å². The van der Waals surface area contributed by atoms with Gasteiger partial charge in [-0.25, -0.2) is 9.18 Å². The molecule has 0 fully saturated rings. The summed E-state index contributed by atoms with van der Waals surface area (Å²) in [4.78, 5) is 21.6. The van der Waals surface area contributed by atoms with E-state index >= 15 is 0 Å². The van der Waals surface area contributed by atoms with Crippen LogP contribution in [0.1, 0.15) is 18.4 Å². The van der Waals surface area contributed by atoms with Crippen LogP contribution < -0.4 is 10.6 Å². The van der Waals surface area contributed by atoms with E-state index in [4.69, 9.17) is 5.11 Å². The Morgan fingerprint density at radius 2 is 2.05 bits per heavy atom. The van der Waals surface area contributed by atoms with Gasteiger partial charge in [-0.1, -0.05) is 22.0 Å². The lowest BCUT2D eigenvalue weighted by Crippen LogP contribution is -2.35. The molecule has 0 saturated carbocycles. The third kappa shape index (κ3) is 6.19. The number of carboxylic acid groups (broad SMARTS) is 1. The zero-order valence-corrected chi connectivity index (χ0v) is 11.7. The summed E-state index contributed by atoms with van der Waals surface area (Å²) in [6, 6.07) is 3.82. The lowest BCUT2D eigenvalue weighted by molar-refractivity contribution is -0.137. The summed E-state index contributed by atoms with van der Waals surface area (Å²) in [5, 5.41) is 13.6. The molecule has 0 aromatic heterocycles. The molecule has 19 heavy (non-hydrogen) atoms. The summed E-state index contributed by atoms with van der Waals surface area (Å²) >= 11 is 3.20. The van der Waals surface area contributed by atoms with Crippen molar-refractivity contribution < 1.29 is 19.1 Å². The maximum Gasteiger partial charge on any atom is 0.315 e. The molecule has 0 unspecified atom stereocenters. The molecule has 0 heterocycles. The van der Waals surface area contributed by atoms with Gasteiger partial charge in [0.15, 0.2) is 0 Å². The van der Waals surface area contributed by atoms with Crippen LogP contribution in [0.2, 0.25) is 0 Å². The SMILES string of the molecule is O=C(O)CCCNC(=O)NCc1ccc(F)cc1Br. The van der Waals surface area contributed by atoms with Crippen molar-refractivity contribution in [2.45, 2.75) is 19.4 Å². The summed E-state index contributed by atoms with van der Waals surface area (Å²) < 4.78 is 13.4. The maximum absolute atomic E-state index is 12.8. The van der Waals surface area contributed by atoms with Crippen molar-refractivity contribution in [1.29, 1.82) is 0 Å². The quantitative estimate of drug-likeness (QED) is 0.699. The van der Waals surface area contributed by atoms with Gasteiger partial charge in [0.1, 0.15) is 5.82 Å². The van der Waals surface area contributed by atoms with E-state index in [9.17, 15) is 14.0 Å². The van der Waals surface area contributed by atoms with E-state index in [0.29, 0.717) is 17.4 Å². The second-order valence-electron chi connectivity index (χ2n) is 3.84. The molecule has 0 aliphatic rings. The molecule has 0 saturated heterocycles. The van der Waals surface area contributed by atoms with Crippen LogP contribution in [0.15, 0.2) is 22.7 Å². The fourth-order valence-corrected chi connectivity index (χ4v) is 1.84. The first kappa shape index (κ1) is 15.4. The normalized spacial score (nSPS) is 10.0. The number of nitrogens with one attached hydrogen (secondary N) is 2. The van der Waals surface area contributed by atoms with Gasteiger partial charge in [-0.15, -0.1) is 0 Å². The van der Waals surface area contributed by atoms with Crippen LogP contribution in [0.3, 0.4) is 0 Å². The summed E-state index contributed by atoms with van der Waals surface area (Å²) in [7, 11) is 0. The molecule has 1 rings (SSSR count). The number of carboxylic acids is 1. The molecule has 0 aliphatic heterocycles. The highest BCUT2D eigenvalue weighted by atomic mass is 79.9. The third-order valence-corrected chi connectivity index (χ3v) is 3.05. The number of carbonyl (C=O) groups is 2. The number of halogens is 2. The van der Waals surface area contributed by atoms with Crippen molar-refractivity contribution in [1.82, 2.24) is 10.6 Å². The first-order valence-electron chi connectivity index (χ1n) is 5.66. The van der Waals surface area contributed by atoms with E-state index in [0.717, 1.165) is 5.56 Å². The Hall–Kier alpha value is -1.63. The maximum atomic E-state index is 12.8. The number of rotatable bonds is 6. The minimum absolute atomic E-state index is 0.0176. The topological polar surface area (TPSA) is 78.4 Å². The van der Waals surface area contributed by atoms with Crippen LogP contribution in [0.5, 0.6) is 0 Å². The Morgan fingerprint density at radius 1 is 1.32 bits per heavy atom. The van der Waals surface area contributed by atoms with E-state index in [1.165, 1.54) is 12.1 Å². The van der Waals surface area contributed by atoms with Gasteiger partial charge in [-0.2, -0.15) is 0 Å².